The van der Waals surface area contributed by atoms with Gasteiger partial charge in [0, 0.05) is 18.5 Å². The molecule has 0 saturated carbocycles. The van der Waals surface area contributed by atoms with E-state index in [1.54, 1.807) is 18.3 Å². The summed E-state index contributed by atoms with van der Waals surface area (Å²) >= 11 is 5.92. The molecule has 4 rings (SSSR count). The maximum absolute atomic E-state index is 13.0. The molecule has 0 spiro atoms. The minimum absolute atomic E-state index is 0.280. The van der Waals surface area contributed by atoms with Gasteiger partial charge in [0.25, 0.3) is 11.8 Å². The highest BCUT2D eigenvalue weighted by molar-refractivity contribution is 6.30. The van der Waals surface area contributed by atoms with E-state index in [-0.39, 0.29) is 12.1 Å². The van der Waals surface area contributed by atoms with E-state index in [2.05, 4.69) is 15.3 Å². The first-order valence-electron chi connectivity index (χ1n) is 10.5. The fraction of sp³-hybridized carbons (Fsp3) is 0.348. The lowest BCUT2D eigenvalue weighted by Gasteiger charge is -2.33. The highest BCUT2D eigenvalue weighted by Crippen LogP contribution is 2.19. The van der Waals surface area contributed by atoms with Crippen molar-refractivity contribution in [1.82, 2.24) is 20.2 Å². The molecule has 1 unspecified atom stereocenters. The minimum Gasteiger partial charge on any atom is -0.393 e. The summed E-state index contributed by atoms with van der Waals surface area (Å²) in [4.78, 5) is 34.5. The van der Waals surface area contributed by atoms with Crippen molar-refractivity contribution >= 4 is 34.3 Å². The number of nitrogens with zero attached hydrogens (tertiary/aromatic N) is 2. The van der Waals surface area contributed by atoms with Gasteiger partial charge in [0.05, 0.1) is 23.9 Å². The molecule has 1 aliphatic rings. The zero-order valence-electron chi connectivity index (χ0n) is 17.4. The number of aliphatic hydroxyl groups excluding tert-OH is 2. The molecule has 1 fully saturated rings. The molecule has 2 aromatic heterocycles. The summed E-state index contributed by atoms with van der Waals surface area (Å²) in [5.74, 6) is -0.898. The number of likely N-dealkylation sites (tertiary alicyclic amines) is 1. The number of halogens is 1. The molecule has 3 heterocycles. The second-order valence-electron chi connectivity index (χ2n) is 8.05. The Kier molecular flexibility index (Phi) is 6.74. The number of rotatable bonds is 6. The zero-order chi connectivity index (χ0) is 22.7. The van der Waals surface area contributed by atoms with Gasteiger partial charge in [-0.25, -0.2) is 4.98 Å². The first-order valence-corrected chi connectivity index (χ1v) is 10.9. The summed E-state index contributed by atoms with van der Waals surface area (Å²) in [6, 6.07) is 11.8. The quantitative estimate of drug-likeness (QED) is 0.422. The van der Waals surface area contributed by atoms with Crippen LogP contribution in [0.1, 0.15) is 28.9 Å². The van der Waals surface area contributed by atoms with Crippen molar-refractivity contribution in [3.05, 3.63) is 65.1 Å². The number of hydrogen-bond acceptors (Lipinski definition) is 5. The number of carbonyl (C=O) groups is 2. The first kappa shape index (κ1) is 22.3. The SMILES string of the molecule is O=C(NC(Cc1ccccc1)[C@H](O)C(=O)N1CCC(O)CC1)c1cc2cc(Cl)ncc2[nH]1. The summed E-state index contributed by atoms with van der Waals surface area (Å²) in [7, 11) is 0. The number of fused-ring (bicyclic) bond motifs is 1. The van der Waals surface area contributed by atoms with Crippen LogP contribution in [0.15, 0.2) is 48.7 Å². The van der Waals surface area contributed by atoms with Gasteiger partial charge in [-0.3, -0.25) is 9.59 Å². The van der Waals surface area contributed by atoms with Gasteiger partial charge in [0.2, 0.25) is 0 Å². The maximum Gasteiger partial charge on any atom is 0.268 e. The Morgan fingerprint density at radius 1 is 1.22 bits per heavy atom. The Labute approximate surface area is 190 Å². The number of piperidine rings is 1. The van der Waals surface area contributed by atoms with Crippen LogP contribution in [0.4, 0.5) is 0 Å². The van der Waals surface area contributed by atoms with Gasteiger partial charge < -0.3 is 25.4 Å². The predicted molar refractivity (Wildman–Crippen MR) is 120 cm³/mol. The van der Waals surface area contributed by atoms with Crippen LogP contribution in [0.5, 0.6) is 0 Å². The molecule has 3 aromatic rings. The average Bonchev–Trinajstić information content (AvgIpc) is 3.22. The number of H-pyrrole nitrogens is 1. The first-order chi connectivity index (χ1) is 15.4. The highest BCUT2D eigenvalue weighted by atomic mass is 35.5. The molecule has 9 heteroatoms. The number of aromatic nitrogens is 2. The van der Waals surface area contributed by atoms with E-state index < -0.39 is 30.1 Å². The second kappa shape index (κ2) is 9.68. The molecule has 32 heavy (non-hydrogen) atoms. The number of carbonyl (C=O) groups excluding carboxylic acids is 2. The van der Waals surface area contributed by atoms with Gasteiger partial charge in [-0.15, -0.1) is 0 Å². The summed E-state index contributed by atoms with van der Waals surface area (Å²) < 4.78 is 0. The van der Waals surface area contributed by atoms with Gasteiger partial charge in [-0.05, 0) is 37.0 Å². The van der Waals surface area contributed by atoms with Crippen molar-refractivity contribution in [3.63, 3.8) is 0 Å². The lowest BCUT2D eigenvalue weighted by Crippen LogP contribution is -2.54. The highest BCUT2D eigenvalue weighted by Gasteiger charge is 2.33. The largest absolute Gasteiger partial charge is 0.393 e. The fourth-order valence-electron chi connectivity index (χ4n) is 3.93. The van der Waals surface area contributed by atoms with E-state index in [9.17, 15) is 19.8 Å². The summed E-state index contributed by atoms with van der Waals surface area (Å²) in [5, 5.41) is 24.5. The van der Waals surface area contributed by atoms with Gasteiger partial charge in [-0.1, -0.05) is 41.9 Å². The summed E-state index contributed by atoms with van der Waals surface area (Å²) in [5.41, 5.74) is 1.82. The van der Waals surface area contributed by atoms with E-state index in [4.69, 9.17) is 11.6 Å². The molecule has 1 aromatic carbocycles. The Morgan fingerprint density at radius 2 is 1.94 bits per heavy atom. The number of aromatic amines is 1. The van der Waals surface area contributed by atoms with Crippen molar-refractivity contribution in [2.24, 2.45) is 0 Å². The molecule has 1 saturated heterocycles. The number of amides is 2. The van der Waals surface area contributed by atoms with E-state index in [1.165, 1.54) is 4.90 Å². The third-order valence-electron chi connectivity index (χ3n) is 5.74. The van der Waals surface area contributed by atoms with Crippen molar-refractivity contribution in [1.29, 1.82) is 0 Å². The van der Waals surface area contributed by atoms with E-state index in [1.807, 2.05) is 30.3 Å². The van der Waals surface area contributed by atoms with Crippen LogP contribution < -0.4 is 5.32 Å². The monoisotopic (exact) mass is 456 g/mol. The van der Waals surface area contributed by atoms with Crippen molar-refractivity contribution in [3.8, 4) is 0 Å². The standard InChI is InChI=1S/C23H25ClN4O4/c24-20-12-15-11-18(26-19(15)13-25-20)22(31)27-17(10-14-4-2-1-3-5-14)21(30)23(32)28-8-6-16(29)7-9-28/h1-5,11-13,16-17,21,26,29-30H,6-10H2,(H,27,31)/t17?,21-/m0/s1. The Balaban J connectivity index is 1.53. The Morgan fingerprint density at radius 3 is 2.66 bits per heavy atom. The van der Waals surface area contributed by atoms with E-state index in [0.717, 1.165) is 10.9 Å². The van der Waals surface area contributed by atoms with Crippen LogP contribution in [-0.4, -0.2) is 68.2 Å². The van der Waals surface area contributed by atoms with Crippen molar-refractivity contribution < 1.29 is 19.8 Å². The van der Waals surface area contributed by atoms with Crippen LogP contribution in [0.3, 0.4) is 0 Å². The molecule has 1 aliphatic heterocycles. The van der Waals surface area contributed by atoms with Gasteiger partial charge in [0.1, 0.15) is 10.8 Å². The van der Waals surface area contributed by atoms with E-state index >= 15 is 0 Å². The third kappa shape index (κ3) is 5.09. The molecule has 168 valence electrons. The Bertz CT molecular complexity index is 1100. The molecule has 2 atom stereocenters. The molecule has 0 aliphatic carbocycles. The van der Waals surface area contributed by atoms with Crippen LogP contribution in [0.2, 0.25) is 5.15 Å². The molecular weight excluding hydrogens is 432 g/mol. The molecule has 0 radical (unpaired) electrons. The predicted octanol–water partition coefficient (Wildman–Crippen LogP) is 1.90. The maximum atomic E-state index is 13.0. The second-order valence-corrected chi connectivity index (χ2v) is 8.44. The molecule has 4 N–H and O–H groups in total. The normalized spacial score (nSPS) is 16.7. The summed E-state index contributed by atoms with van der Waals surface area (Å²) in [6.45, 7) is 0.748. The van der Waals surface area contributed by atoms with E-state index in [0.29, 0.717) is 36.6 Å². The topological polar surface area (TPSA) is 119 Å². The zero-order valence-corrected chi connectivity index (χ0v) is 18.1. The van der Waals surface area contributed by atoms with Gasteiger partial charge in [0.15, 0.2) is 6.10 Å². The smallest absolute Gasteiger partial charge is 0.268 e. The number of nitrogens with one attached hydrogen (secondary N) is 2. The number of aliphatic hydroxyl groups is 2. The summed E-state index contributed by atoms with van der Waals surface area (Å²) in [6.07, 6.45) is 0.915. The van der Waals surface area contributed by atoms with Gasteiger partial charge in [-0.2, -0.15) is 0 Å². The van der Waals surface area contributed by atoms with Crippen molar-refractivity contribution in [2.45, 2.75) is 37.5 Å². The average molecular weight is 457 g/mol. The number of hydrogen-bond donors (Lipinski definition) is 4. The van der Waals surface area contributed by atoms with Crippen LogP contribution in [0.25, 0.3) is 10.9 Å². The van der Waals surface area contributed by atoms with Crippen LogP contribution >= 0.6 is 11.6 Å². The number of benzene rings is 1. The van der Waals surface area contributed by atoms with Crippen LogP contribution in [0, 0.1) is 0 Å². The Hall–Kier alpha value is -2.94. The molecule has 2 amide bonds. The third-order valence-corrected chi connectivity index (χ3v) is 5.95. The number of pyridine rings is 1. The molecule has 0 bridgehead atoms. The lowest BCUT2D eigenvalue weighted by molar-refractivity contribution is -0.143. The minimum atomic E-state index is -1.42. The molecule has 8 nitrogen and oxygen atoms in total. The lowest BCUT2D eigenvalue weighted by atomic mass is 9.99. The van der Waals surface area contributed by atoms with Crippen molar-refractivity contribution in [2.75, 3.05) is 13.1 Å². The molecular formula is C23H25ClN4O4. The van der Waals surface area contributed by atoms with Gasteiger partial charge >= 0.3 is 0 Å². The fourth-order valence-corrected chi connectivity index (χ4v) is 4.09. The van der Waals surface area contributed by atoms with Crippen LogP contribution in [-0.2, 0) is 11.2 Å².